The largest absolute Gasteiger partial charge is 0.433 e. The number of hydrogen-bond donors (Lipinski definition) is 1. The predicted octanol–water partition coefficient (Wildman–Crippen LogP) is 1.15. The first-order valence-electron chi connectivity index (χ1n) is 5.80. The smallest absolute Gasteiger partial charge is 0.404 e. The molecule has 0 aliphatic heterocycles. The van der Waals surface area contributed by atoms with Gasteiger partial charge in [0.15, 0.2) is 0 Å². The number of rotatable bonds is 7. The number of furan rings is 1. The maximum atomic E-state index is 11.6. The molecule has 7 nitrogen and oxygen atoms in total. The van der Waals surface area contributed by atoms with Crippen molar-refractivity contribution >= 4 is 11.8 Å². The average Bonchev–Trinajstić information content (AvgIpc) is 2.79. The van der Waals surface area contributed by atoms with E-state index in [0.29, 0.717) is 25.4 Å². The number of hydrogen-bond acceptors (Lipinski definition) is 5. The van der Waals surface area contributed by atoms with Gasteiger partial charge in [0.25, 0.3) is 0 Å². The Bertz CT molecular complexity index is 412. The number of nitro groups is 1. The highest BCUT2D eigenvalue weighted by atomic mass is 16.6. The third-order valence-electron chi connectivity index (χ3n) is 2.52. The fourth-order valence-corrected chi connectivity index (χ4v) is 1.54. The molecule has 0 bridgehead atoms. The summed E-state index contributed by atoms with van der Waals surface area (Å²) in [6, 6.07) is 2.82. The van der Waals surface area contributed by atoms with Crippen molar-refractivity contribution in [2.45, 2.75) is 20.4 Å². The van der Waals surface area contributed by atoms with Crippen molar-refractivity contribution in [3.8, 4) is 0 Å². The highest BCUT2D eigenvalue weighted by Crippen LogP contribution is 2.14. The minimum Gasteiger partial charge on any atom is -0.404 e. The van der Waals surface area contributed by atoms with E-state index in [1.165, 1.54) is 12.1 Å². The van der Waals surface area contributed by atoms with Crippen LogP contribution >= 0.6 is 0 Å². The van der Waals surface area contributed by atoms with Gasteiger partial charge in [0.05, 0.1) is 19.2 Å². The number of nitrogens with one attached hydrogen (secondary N) is 1. The molecule has 1 amide bonds. The van der Waals surface area contributed by atoms with Crippen LogP contribution < -0.4 is 5.32 Å². The van der Waals surface area contributed by atoms with Gasteiger partial charge in [0, 0.05) is 13.1 Å². The van der Waals surface area contributed by atoms with Crippen molar-refractivity contribution in [2.24, 2.45) is 0 Å². The SMILES string of the molecule is CCN(CC)C(=O)CNCc1ccc([N+](=O)[O-])o1. The molecular weight excluding hydrogens is 238 g/mol. The van der Waals surface area contributed by atoms with Gasteiger partial charge in [0.2, 0.25) is 5.91 Å². The van der Waals surface area contributed by atoms with E-state index in [2.05, 4.69) is 5.32 Å². The Balaban J connectivity index is 2.37. The average molecular weight is 255 g/mol. The highest BCUT2D eigenvalue weighted by Gasteiger charge is 2.12. The molecule has 1 N–H and O–H groups in total. The molecular formula is C11H17N3O4. The van der Waals surface area contributed by atoms with Crippen molar-refractivity contribution < 1.29 is 14.1 Å². The second-order valence-corrected chi connectivity index (χ2v) is 3.67. The first-order valence-corrected chi connectivity index (χ1v) is 5.80. The van der Waals surface area contributed by atoms with Gasteiger partial charge in [-0.1, -0.05) is 0 Å². The molecule has 1 aromatic heterocycles. The molecule has 0 aliphatic carbocycles. The summed E-state index contributed by atoms with van der Waals surface area (Å²) in [5.74, 6) is 0.150. The van der Waals surface area contributed by atoms with Crippen LogP contribution in [0.2, 0.25) is 0 Å². The summed E-state index contributed by atoms with van der Waals surface area (Å²) in [5, 5.41) is 13.3. The molecule has 0 aliphatic rings. The lowest BCUT2D eigenvalue weighted by molar-refractivity contribution is -0.402. The summed E-state index contributed by atoms with van der Waals surface area (Å²) in [7, 11) is 0. The Labute approximate surface area is 105 Å². The van der Waals surface area contributed by atoms with E-state index < -0.39 is 4.92 Å². The van der Waals surface area contributed by atoms with E-state index in [1.54, 1.807) is 4.90 Å². The molecule has 0 unspecified atom stereocenters. The molecule has 0 atom stereocenters. The summed E-state index contributed by atoms with van der Waals surface area (Å²) in [5.41, 5.74) is 0. The van der Waals surface area contributed by atoms with Gasteiger partial charge in [-0.05, 0) is 19.9 Å². The van der Waals surface area contributed by atoms with Gasteiger partial charge in [0.1, 0.15) is 10.7 Å². The molecule has 0 saturated carbocycles. The Morgan fingerprint density at radius 3 is 2.61 bits per heavy atom. The van der Waals surface area contributed by atoms with Crippen LogP contribution in [0.25, 0.3) is 0 Å². The zero-order valence-corrected chi connectivity index (χ0v) is 10.5. The molecule has 0 radical (unpaired) electrons. The van der Waals surface area contributed by atoms with Crippen molar-refractivity contribution in [3.05, 3.63) is 28.0 Å². The molecule has 0 aromatic carbocycles. The van der Waals surface area contributed by atoms with Crippen LogP contribution in [0.4, 0.5) is 5.88 Å². The van der Waals surface area contributed by atoms with Gasteiger partial charge in [-0.15, -0.1) is 0 Å². The zero-order chi connectivity index (χ0) is 13.5. The van der Waals surface area contributed by atoms with Crippen molar-refractivity contribution in [2.75, 3.05) is 19.6 Å². The maximum Gasteiger partial charge on any atom is 0.433 e. The highest BCUT2D eigenvalue weighted by molar-refractivity contribution is 5.78. The van der Waals surface area contributed by atoms with Crippen molar-refractivity contribution in [1.29, 1.82) is 0 Å². The summed E-state index contributed by atoms with van der Waals surface area (Å²) >= 11 is 0. The van der Waals surface area contributed by atoms with Crippen LogP contribution in [0.1, 0.15) is 19.6 Å². The summed E-state index contributed by atoms with van der Waals surface area (Å²) in [4.78, 5) is 23.1. The molecule has 0 spiro atoms. The molecule has 1 aromatic rings. The number of nitrogens with zero attached hydrogens (tertiary/aromatic N) is 2. The Kier molecular flexibility index (Phi) is 5.31. The molecule has 1 heterocycles. The van der Waals surface area contributed by atoms with Crippen LogP contribution in [0.3, 0.4) is 0 Å². The van der Waals surface area contributed by atoms with Crippen LogP contribution in [-0.4, -0.2) is 35.4 Å². The monoisotopic (exact) mass is 255 g/mol. The van der Waals surface area contributed by atoms with E-state index in [4.69, 9.17) is 4.42 Å². The topological polar surface area (TPSA) is 88.6 Å². The lowest BCUT2D eigenvalue weighted by Crippen LogP contribution is -2.37. The second kappa shape index (κ2) is 6.75. The summed E-state index contributed by atoms with van der Waals surface area (Å²) in [6.45, 7) is 5.65. The lowest BCUT2D eigenvalue weighted by atomic mass is 10.4. The Morgan fingerprint density at radius 1 is 1.44 bits per heavy atom. The second-order valence-electron chi connectivity index (χ2n) is 3.67. The van der Waals surface area contributed by atoms with E-state index in [9.17, 15) is 14.9 Å². The third kappa shape index (κ3) is 3.85. The van der Waals surface area contributed by atoms with E-state index in [-0.39, 0.29) is 18.3 Å². The van der Waals surface area contributed by atoms with Crippen molar-refractivity contribution in [3.63, 3.8) is 0 Å². The van der Waals surface area contributed by atoms with Crippen molar-refractivity contribution in [1.82, 2.24) is 10.2 Å². The summed E-state index contributed by atoms with van der Waals surface area (Å²) in [6.07, 6.45) is 0. The zero-order valence-electron chi connectivity index (χ0n) is 10.5. The standard InChI is InChI=1S/C11H17N3O4/c1-3-13(4-2)10(15)8-12-7-9-5-6-11(18-9)14(16)17/h5-6,12H,3-4,7-8H2,1-2H3. The number of amides is 1. The summed E-state index contributed by atoms with van der Waals surface area (Å²) < 4.78 is 4.95. The van der Waals surface area contributed by atoms with E-state index >= 15 is 0 Å². The minimum absolute atomic E-state index is 0.000978. The van der Waals surface area contributed by atoms with Gasteiger partial charge < -0.3 is 14.6 Å². The Morgan fingerprint density at radius 2 is 2.11 bits per heavy atom. The molecule has 0 fully saturated rings. The molecule has 7 heteroatoms. The van der Waals surface area contributed by atoms with Crippen LogP contribution in [0.15, 0.2) is 16.5 Å². The fraction of sp³-hybridized carbons (Fsp3) is 0.545. The maximum absolute atomic E-state index is 11.6. The molecule has 1 rings (SSSR count). The number of likely N-dealkylation sites (N-methyl/N-ethyl adjacent to an activating group) is 1. The van der Waals surface area contributed by atoms with Gasteiger partial charge in [-0.25, -0.2) is 0 Å². The van der Waals surface area contributed by atoms with Crippen LogP contribution in [0.5, 0.6) is 0 Å². The van der Waals surface area contributed by atoms with Gasteiger partial charge >= 0.3 is 5.88 Å². The molecule has 0 saturated heterocycles. The molecule has 100 valence electrons. The number of carbonyl (C=O) groups is 1. The Hall–Kier alpha value is -1.89. The quantitative estimate of drug-likeness (QED) is 0.583. The lowest BCUT2D eigenvalue weighted by Gasteiger charge is -2.18. The van der Waals surface area contributed by atoms with Crippen LogP contribution in [-0.2, 0) is 11.3 Å². The predicted molar refractivity (Wildman–Crippen MR) is 65.0 cm³/mol. The number of carbonyl (C=O) groups excluding carboxylic acids is 1. The first-order chi connectivity index (χ1) is 8.58. The first kappa shape index (κ1) is 14.2. The molecule has 18 heavy (non-hydrogen) atoms. The minimum atomic E-state index is -0.593. The van der Waals surface area contributed by atoms with Crippen LogP contribution in [0, 0.1) is 10.1 Å². The van der Waals surface area contributed by atoms with Gasteiger partial charge in [-0.3, -0.25) is 14.9 Å². The normalized spacial score (nSPS) is 10.3. The van der Waals surface area contributed by atoms with E-state index in [0.717, 1.165) is 0 Å². The van der Waals surface area contributed by atoms with E-state index in [1.807, 2.05) is 13.8 Å². The van der Waals surface area contributed by atoms with Gasteiger partial charge in [-0.2, -0.15) is 0 Å². The fourth-order valence-electron chi connectivity index (χ4n) is 1.54. The third-order valence-corrected chi connectivity index (χ3v) is 2.52.